The summed E-state index contributed by atoms with van der Waals surface area (Å²) >= 11 is 0. The van der Waals surface area contributed by atoms with Crippen LogP contribution in [0, 0.1) is 0 Å². The normalized spacial score (nSPS) is 21.7. The van der Waals surface area contributed by atoms with Crippen LogP contribution in [-0.4, -0.2) is 35.3 Å². The summed E-state index contributed by atoms with van der Waals surface area (Å²) in [4.78, 5) is 11.3. The molecule has 2 N–H and O–H groups in total. The Kier molecular flexibility index (Phi) is 3.09. The number of benzene rings is 1. The number of alkyl halides is 2. The molecule has 7 heteroatoms. The highest BCUT2D eigenvalue weighted by molar-refractivity contribution is 5.80. The monoisotopic (exact) mass is 274 g/mol. The molecule has 0 amide bonds. The summed E-state index contributed by atoms with van der Waals surface area (Å²) in [5.41, 5.74) is -3.06. The molecule has 1 aromatic rings. The number of halogens is 2. The minimum atomic E-state index is -4.15. The predicted octanol–water partition coefficient (Wildman–Crippen LogP) is 1.17. The molecule has 1 aromatic carbocycles. The van der Waals surface area contributed by atoms with Gasteiger partial charge in [0.15, 0.2) is 0 Å². The Morgan fingerprint density at radius 3 is 2.89 bits per heavy atom. The molecule has 1 aliphatic heterocycles. The van der Waals surface area contributed by atoms with Gasteiger partial charge in [-0.15, -0.1) is 0 Å². The van der Waals surface area contributed by atoms with Gasteiger partial charge in [-0.05, 0) is 19.1 Å². The minimum Gasteiger partial charge on any atom is -0.508 e. The van der Waals surface area contributed by atoms with Crippen molar-refractivity contribution in [2.24, 2.45) is 0 Å². The number of rotatable bonds is 3. The molecule has 0 spiro atoms. The van der Waals surface area contributed by atoms with Gasteiger partial charge in [0.2, 0.25) is 5.60 Å². The van der Waals surface area contributed by atoms with E-state index in [9.17, 15) is 23.8 Å². The van der Waals surface area contributed by atoms with Gasteiger partial charge in [-0.25, -0.2) is 4.79 Å². The van der Waals surface area contributed by atoms with Crippen molar-refractivity contribution < 1.29 is 33.3 Å². The minimum absolute atomic E-state index is 0.0912. The zero-order valence-corrected chi connectivity index (χ0v) is 10.0. The van der Waals surface area contributed by atoms with Gasteiger partial charge in [-0.3, -0.25) is 0 Å². The van der Waals surface area contributed by atoms with E-state index in [1.165, 1.54) is 6.92 Å². The molecule has 0 saturated heterocycles. The quantitative estimate of drug-likeness (QED) is 0.809. The first-order chi connectivity index (χ1) is 8.83. The molecule has 19 heavy (non-hydrogen) atoms. The molecule has 1 unspecified atom stereocenters. The van der Waals surface area contributed by atoms with Gasteiger partial charge in [0.25, 0.3) is 0 Å². The number of phenols is 1. The van der Waals surface area contributed by atoms with Crippen LogP contribution in [0.1, 0.15) is 12.5 Å². The second-order valence-electron chi connectivity index (χ2n) is 4.12. The Hall–Kier alpha value is -1.89. The first-order valence-electron chi connectivity index (χ1n) is 5.56. The van der Waals surface area contributed by atoms with E-state index < -0.39 is 24.1 Å². The molecule has 0 aliphatic carbocycles. The van der Waals surface area contributed by atoms with E-state index in [1.54, 1.807) is 0 Å². The molecule has 2 rings (SSSR count). The van der Waals surface area contributed by atoms with Crippen molar-refractivity contribution in [3.8, 4) is 11.5 Å². The summed E-state index contributed by atoms with van der Waals surface area (Å²) in [7, 11) is 0. The van der Waals surface area contributed by atoms with Crippen molar-refractivity contribution in [2.45, 2.75) is 18.4 Å². The van der Waals surface area contributed by atoms with Crippen molar-refractivity contribution in [1.82, 2.24) is 0 Å². The molecular weight excluding hydrogens is 262 g/mol. The smallest absolute Gasteiger partial charge is 0.380 e. The summed E-state index contributed by atoms with van der Waals surface area (Å²) in [6.45, 7) is 0.362. The second-order valence-corrected chi connectivity index (χ2v) is 4.12. The van der Waals surface area contributed by atoms with Crippen LogP contribution in [0.5, 0.6) is 11.5 Å². The van der Waals surface area contributed by atoms with Crippen LogP contribution >= 0.6 is 0 Å². The number of hydrogen-bond acceptors (Lipinski definition) is 5. The average molecular weight is 274 g/mol. The predicted molar refractivity (Wildman–Crippen MR) is 59.1 cm³/mol. The van der Waals surface area contributed by atoms with Gasteiger partial charge in [0.05, 0.1) is 6.61 Å². The fraction of sp³-hybridized carbons (Fsp3) is 0.417. The summed E-state index contributed by atoms with van der Waals surface area (Å²) in [6, 6.07) is 3.30. The molecule has 0 aromatic heterocycles. The molecule has 104 valence electrons. The number of esters is 1. The topological polar surface area (TPSA) is 76.0 Å². The van der Waals surface area contributed by atoms with Crippen molar-refractivity contribution in [1.29, 1.82) is 0 Å². The van der Waals surface area contributed by atoms with E-state index >= 15 is 0 Å². The number of aliphatic hydroxyl groups is 1. The van der Waals surface area contributed by atoms with Crippen LogP contribution in [-0.2, 0) is 15.1 Å². The lowest BCUT2D eigenvalue weighted by atomic mass is 9.89. The SMILES string of the molecule is CCOC(=O)C(F)(F)C1(O)COc2cc(O)ccc21. The summed E-state index contributed by atoms with van der Waals surface area (Å²) in [6.07, 6.45) is 0. The average Bonchev–Trinajstić information content (AvgIpc) is 2.68. The third-order valence-electron chi connectivity index (χ3n) is 2.90. The second kappa shape index (κ2) is 4.34. The number of fused-ring (bicyclic) bond motifs is 1. The fourth-order valence-electron chi connectivity index (χ4n) is 1.88. The first-order valence-corrected chi connectivity index (χ1v) is 5.56. The van der Waals surface area contributed by atoms with Crippen molar-refractivity contribution in [2.75, 3.05) is 13.2 Å². The van der Waals surface area contributed by atoms with Crippen LogP contribution in [0.25, 0.3) is 0 Å². The summed E-state index contributed by atoms with van der Waals surface area (Å²) in [5, 5.41) is 19.3. The molecule has 5 nitrogen and oxygen atoms in total. The lowest BCUT2D eigenvalue weighted by Gasteiger charge is -2.29. The van der Waals surface area contributed by atoms with E-state index in [-0.39, 0.29) is 23.7 Å². The number of phenolic OH excluding ortho intramolecular Hbond substituents is 1. The number of ether oxygens (including phenoxy) is 2. The third-order valence-corrected chi connectivity index (χ3v) is 2.90. The Bertz CT molecular complexity index is 517. The Balaban J connectivity index is 2.44. The highest BCUT2D eigenvalue weighted by Crippen LogP contribution is 2.47. The van der Waals surface area contributed by atoms with Gasteiger partial charge in [-0.2, -0.15) is 8.78 Å². The first kappa shape index (κ1) is 13.5. The van der Waals surface area contributed by atoms with Gasteiger partial charge >= 0.3 is 11.9 Å². The van der Waals surface area contributed by atoms with Crippen molar-refractivity contribution in [3.05, 3.63) is 23.8 Å². The summed E-state index contributed by atoms with van der Waals surface area (Å²) in [5.74, 6) is -6.25. The molecular formula is C12H12F2O5. The molecule has 1 atom stereocenters. The Labute approximate surface area is 107 Å². The highest BCUT2D eigenvalue weighted by Gasteiger charge is 2.64. The maximum Gasteiger partial charge on any atom is 0.380 e. The molecule has 0 radical (unpaired) electrons. The van der Waals surface area contributed by atoms with Crippen LogP contribution in [0.4, 0.5) is 8.78 Å². The largest absolute Gasteiger partial charge is 0.508 e. The van der Waals surface area contributed by atoms with Crippen LogP contribution in [0.15, 0.2) is 18.2 Å². The van der Waals surface area contributed by atoms with E-state index in [0.717, 1.165) is 18.2 Å². The number of carbonyl (C=O) groups excluding carboxylic acids is 1. The number of carbonyl (C=O) groups is 1. The number of hydrogen-bond donors (Lipinski definition) is 2. The highest BCUT2D eigenvalue weighted by atomic mass is 19.3. The van der Waals surface area contributed by atoms with Crippen molar-refractivity contribution >= 4 is 5.97 Å². The van der Waals surface area contributed by atoms with E-state index in [2.05, 4.69) is 4.74 Å². The third kappa shape index (κ3) is 1.90. The van der Waals surface area contributed by atoms with Gasteiger partial charge in [-0.1, -0.05) is 0 Å². The van der Waals surface area contributed by atoms with Gasteiger partial charge in [0, 0.05) is 11.6 Å². The molecule has 0 bridgehead atoms. The summed E-state index contributed by atoms with van der Waals surface area (Å²) < 4.78 is 37.2. The van der Waals surface area contributed by atoms with Gasteiger partial charge in [0.1, 0.15) is 18.1 Å². The standard InChI is InChI=1S/C12H12F2O5/c1-2-18-10(16)12(13,14)11(17)6-19-9-5-7(15)3-4-8(9)11/h3-5,15,17H,2,6H2,1H3. The van der Waals surface area contributed by atoms with E-state index in [0.29, 0.717) is 0 Å². The molecule has 0 fully saturated rings. The van der Waals surface area contributed by atoms with Gasteiger partial charge < -0.3 is 19.7 Å². The van der Waals surface area contributed by atoms with Crippen molar-refractivity contribution in [3.63, 3.8) is 0 Å². The Morgan fingerprint density at radius 1 is 1.58 bits per heavy atom. The van der Waals surface area contributed by atoms with E-state index in [4.69, 9.17) is 4.74 Å². The Morgan fingerprint density at radius 2 is 2.26 bits per heavy atom. The van der Waals surface area contributed by atoms with Crippen LogP contribution < -0.4 is 4.74 Å². The molecule has 1 heterocycles. The lowest BCUT2D eigenvalue weighted by Crippen LogP contribution is -2.52. The lowest BCUT2D eigenvalue weighted by molar-refractivity contribution is -0.218. The fourth-order valence-corrected chi connectivity index (χ4v) is 1.88. The zero-order chi connectivity index (χ0) is 14.3. The van der Waals surface area contributed by atoms with Crippen LogP contribution in [0.3, 0.4) is 0 Å². The zero-order valence-electron chi connectivity index (χ0n) is 10.0. The number of aromatic hydroxyl groups is 1. The molecule has 0 saturated carbocycles. The van der Waals surface area contributed by atoms with E-state index in [1.807, 2.05) is 0 Å². The maximum absolute atomic E-state index is 14.0. The van der Waals surface area contributed by atoms with Crippen LogP contribution in [0.2, 0.25) is 0 Å². The molecule has 1 aliphatic rings. The maximum atomic E-state index is 14.0.